The summed E-state index contributed by atoms with van der Waals surface area (Å²) in [5, 5.41) is 11.6. The van der Waals surface area contributed by atoms with Gasteiger partial charge in [-0.05, 0) is 61.1 Å². The number of rotatable bonds is 7. The van der Waals surface area contributed by atoms with Gasteiger partial charge in [0.2, 0.25) is 6.54 Å². The number of pyridine rings is 1. The zero-order valence-electron chi connectivity index (χ0n) is 18.1. The van der Waals surface area contributed by atoms with Gasteiger partial charge in [-0.2, -0.15) is 5.43 Å². The predicted octanol–water partition coefficient (Wildman–Crippen LogP) is 3.00. The molecule has 1 heterocycles. The number of aromatic nitrogens is 1. The van der Waals surface area contributed by atoms with Crippen molar-refractivity contribution in [2.24, 2.45) is 0 Å². The van der Waals surface area contributed by atoms with E-state index in [0.29, 0.717) is 16.1 Å². The van der Waals surface area contributed by atoms with Crippen molar-refractivity contribution >= 4 is 28.7 Å². The van der Waals surface area contributed by atoms with Crippen molar-refractivity contribution in [1.29, 1.82) is 5.41 Å². The van der Waals surface area contributed by atoms with Crippen LogP contribution < -0.4 is 16.5 Å². The van der Waals surface area contributed by atoms with Crippen LogP contribution in [0.3, 0.4) is 0 Å². The predicted molar refractivity (Wildman–Crippen MR) is 126 cm³/mol. The van der Waals surface area contributed by atoms with Gasteiger partial charge >= 0.3 is 0 Å². The van der Waals surface area contributed by atoms with E-state index < -0.39 is 0 Å². The van der Waals surface area contributed by atoms with Crippen LogP contribution in [0.15, 0.2) is 36.4 Å². The van der Waals surface area contributed by atoms with Crippen LogP contribution in [-0.4, -0.2) is 42.1 Å². The SMILES string of the molecule is CN[N+](=O)CCNC(=O)c1ccc(-c2nc3ccc(N)c(C=N)c3c3c2CCCC3)cc1. The van der Waals surface area contributed by atoms with E-state index in [-0.39, 0.29) is 19.0 Å². The maximum Gasteiger partial charge on any atom is 0.251 e. The minimum Gasteiger partial charge on any atom is -0.398 e. The van der Waals surface area contributed by atoms with Crippen molar-refractivity contribution in [2.45, 2.75) is 25.7 Å². The van der Waals surface area contributed by atoms with E-state index in [1.807, 2.05) is 18.2 Å². The molecule has 5 N–H and O–H groups in total. The summed E-state index contributed by atoms with van der Waals surface area (Å²) in [5.41, 5.74) is 15.6. The first-order valence-corrected chi connectivity index (χ1v) is 10.8. The van der Waals surface area contributed by atoms with Crippen molar-refractivity contribution in [2.75, 3.05) is 25.9 Å². The van der Waals surface area contributed by atoms with Crippen LogP contribution in [0.5, 0.6) is 0 Å². The maximum atomic E-state index is 12.4. The molecule has 0 saturated carbocycles. The van der Waals surface area contributed by atoms with Gasteiger partial charge in [0.05, 0.1) is 29.7 Å². The molecule has 1 aliphatic carbocycles. The van der Waals surface area contributed by atoms with Crippen molar-refractivity contribution < 1.29 is 9.66 Å². The van der Waals surface area contributed by atoms with Gasteiger partial charge in [-0.25, -0.2) is 4.98 Å². The van der Waals surface area contributed by atoms with Gasteiger partial charge in [0.1, 0.15) is 4.87 Å². The molecule has 8 nitrogen and oxygen atoms in total. The summed E-state index contributed by atoms with van der Waals surface area (Å²) >= 11 is 0. The fourth-order valence-electron chi connectivity index (χ4n) is 4.32. The second-order valence-electron chi connectivity index (χ2n) is 7.89. The summed E-state index contributed by atoms with van der Waals surface area (Å²) in [4.78, 5) is 29.2. The van der Waals surface area contributed by atoms with Crippen molar-refractivity contribution in [3.63, 3.8) is 0 Å². The van der Waals surface area contributed by atoms with E-state index in [0.717, 1.165) is 53.4 Å². The maximum absolute atomic E-state index is 12.4. The molecule has 1 aromatic heterocycles. The van der Waals surface area contributed by atoms with Gasteiger partial charge < -0.3 is 16.5 Å². The molecular formula is C24H27N6O2+. The van der Waals surface area contributed by atoms with Crippen LogP contribution in [0.4, 0.5) is 5.69 Å². The van der Waals surface area contributed by atoms with E-state index in [1.54, 1.807) is 18.2 Å². The monoisotopic (exact) mass is 431 g/mol. The van der Waals surface area contributed by atoms with Gasteiger partial charge in [0.25, 0.3) is 5.91 Å². The lowest BCUT2D eigenvalue weighted by Crippen LogP contribution is -2.33. The minimum atomic E-state index is -0.222. The molecule has 0 radical (unpaired) electrons. The first kappa shape index (κ1) is 21.4. The van der Waals surface area contributed by atoms with Gasteiger partial charge in [-0.1, -0.05) is 12.1 Å². The van der Waals surface area contributed by atoms with Crippen LogP contribution in [-0.2, 0) is 12.8 Å². The Morgan fingerprint density at radius 1 is 1.16 bits per heavy atom. The van der Waals surface area contributed by atoms with Gasteiger partial charge in [0, 0.05) is 34.0 Å². The molecule has 0 fully saturated rings. The van der Waals surface area contributed by atoms with Crippen molar-refractivity contribution in [3.05, 3.63) is 63.6 Å². The first-order valence-electron chi connectivity index (χ1n) is 10.8. The highest BCUT2D eigenvalue weighted by atomic mass is 16.3. The number of amides is 1. The minimum absolute atomic E-state index is 0.162. The Balaban J connectivity index is 1.68. The van der Waals surface area contributed by atoms with Crippen molar-refractivity contribution in [1.82, 2.24) is 15.7 Å². The summed E-state index contributed by atoms with van der Waals surface area (Å²) in [6, 6.07) is 11.1. The number of carbonyl (C=O) groups is 1. The summed E-state index contributed by atoms with van der Waals surface area (Å²) in [7, 11) is 1.54. The Hall–Kier alpha value is -3.81. The third-order valence-electron chi connectivity index (χ3n) is 5.96. The molecule has 0 aliphatic heterocycles. The Labute approximate surface area is 186 Å². The molecule has 32 heavy (non-hydrogen) atoms. The molecule has 0 bridgehead atoms. The summed E-state index contributed by atoms with van der Waals surface area (Å²) in [5.74, 6) is -0.222. The van der Waals surface area contributed by atoms with Crippen LogP contribution in [0, 0.1) is 10.3 Å². The number of carbonyl (C=O) groups excluding carboxylic acids is 1. The Bertz CT molecular complexity index is 1200. The topological polar surface area (TPSA) is 124 Å². The molecule has 0 saturated heterocycles. The molecule has 164 valence electrons. The number of nitroso groups, excluding NO2 is 1. The summed E-state index contributed by atoms with van der Waals surface area (Å²) in [6.45, 7) is 0.416. The molecule has 2 aromatic carbocycles. The number of nitrogens with zero attached hydrogens (tertiary/aromatic N) is 2. The third kappa shape index (κ3) is 4.03. The average molecular weight is 432 g/mol. The fourth-order valence-corrected chi connectivity index (χ4v) is 4.32. The molecule has 0 spiro atoms. The lowest BCUT2D eigenvalue weighted by Gasteiger charge is -2.23. The third-order valence-corrected chi connectivity index (χ3v) is 5.96. The van der Waals surface area contributed by atoms with Crippen LogP contribution in [0.2, 0.25) is 0 Å². The zero-order chi connectivity index (χ0) is 22.7. The number of aryl methyl sites for hydroxylation is 1. The number of nitrogens with one attached hydrogen (secondary N) is 3. The number of nitrogens with two attached hydrogens (primary N) is 1. The number of nitrogen functional groups attached to an aromatic ring is 1. The van der Waals surface area contributed by atoms with E-state index >= 15 is 0 Å². The number of anilines is 1. The second-order valence-corrected chi connectivity index (χ2v) is 7.89. The van der Waals surface area contributed by atoms with E-state index in [4.69, 9.17) is 16.1 Å². The van der Waals surface area contributed by atoms with E-state index in [9.17, 15) is 9.70 Å². The normalized spacial score (nSPS) is 12.8. The van der Waals surface area contributed by atoms with Crippen LogP contribution in [0.25, 0.3) is 22.2 Å². The second kappa shape index (κ2) is 9.13. The highest BCUT2D eigenvalue weighted by Gasteiger charge is 2.21. The Morgan fingerprint density at radius 3 is 2.56 bits per heavy atom. The highest BCUT2D eigenvalue weighted by Crippen LogP contribution is 2.37. The average Bonchev–Trinajstić information content (AvgIpc) is 2.83. The molecule has 8 heteroatoms. The standard InChI is InChI=1S/C24H26N6O2/c1-27-30(32)13-12-28-24(31)16-8-6-15(7-9-16)23-18-5-3-2-4-17(18)22-19(14-25)20(26)10-11-21(22)29-23/h6-11,14H,2-5,12-13H2,1H3,(H4-,25,26,27,28,31,32)/p+1. The van der Waals surface area contributed by atoms with Crippen molar-refractivity contribution in [3.8, 4) is 11.3 Å². The molecule has 3 aromatic rings. The lowest BCUT2D eigenvalue weighted by molar-refractivity contribution is -0.600. The van der Waals surface area contributed by atoms with Gasteiger partial charge in [0.15, 0.2) is 0 Å². The number of hydrazine groups is 1. The molecule has 1 aliphatic rings. The number of hydrogen-bond acceptors (Lipinski definition) is 5. The molecule has 4 rings (SSSR count). The molecular weight excluding hydrogens is 404 g/mol. The number of fused-ring (bicyclic) bond motifs is 3. The number of benzene rings is 2. The Morgan fingerprint density at radius 2 is 1.88 bits per heavy atom. The molecule has 1 amide bonds. The van der Waals surface area contributed by atoms with E-state index in [1.165, 1.54) is 24.4 Å². The highest BCUT2D eigenvalue weighted by molar-refractivity contribution is 6.05. The Kier molecular flexibility index (Phi) is 6.11. The molecule has 0 atom stereocenters. The van der Waals surface area contributed by atoms with Crippen LogP contribution >= 0.6 is 0 Å². The van der Waals surface area contributed by atoms with Gasteiger partial charge in [-0.3, -0.25) is 4.79 Å². The smallest absolute Gasteiger partial charge is 0.251 e. The summed E-state index contributed by atoms with van der Waals surface area (Å²) in [6.07, 6.45) is 5.39. The van der Waals surface area contributed by atoms with Gasteiger partial charge in [-0.15, -0.1) is 0 Å². The van der Waals surface area contributed by atoms with Crippen LogP contribution in [0.1, 0.15) is 39.9 Å². The number of hydrogen-bond donors (Lipinski definition) is 4. The lowest BCUT2D eigenvalue weighted by atomic mass is 9.85. The first-order chi connectivity index (χ1) is 15.5. The molecule has 0 unspecified atom stereocenters. The zero-order valence-corrected chi connectivity index (χ0v) is 18.1. The van der Waals surface area contributed by atoms with E-state index in [2.05, 4.69) is 10.7 Å². The summed E-state index contributed by atoms with van der Waals surface area (Å²) < 4.78 is 0. The fraction of sp³-hybridized carbons (Fsp3) is 0.292. The quantitative estimate of drug-likeness (QED) is 0.198. The largest absolute Gasteiger partial charge is 0.398 e.